The largest absolute Gasteiger partial charge is 0.378 e. The average Bonchev–Trinajstić information content (AvgIpc) is 2.29. The van der Waals surface area contributed by atoms with Crippen LogP contribution in [0.1, 0.15) is 39.0 Å². The Kier molecular flexibility index (Phi) is 6.39. The zero-order valence-electron chi connectivity index (χ0n) is 11.2. The number of halogens is 1. The molecule has 0 aromatic carbocycles. The molecule has 18 heavy (non-hydrogen) atoms. The van der Waals surface area contributed by atoms with Gasteiger partial charge in [0.1, 0.15) is 0 Å². The lowest BCUT2D eigenvalue weighted by atomic mass is 9.67. The van der Waals surface area contributed by atoms with Gasteiger partial charge < -0.3 is 15.4 Å². The second-order valence-electron chi connectivity index (χ2n) is 5.41. The first-order chi connectivity index (χ1) is 8.24. The Balaban J connectivity index is 0.00000162. The summed E-state index contributed by atoms with van der Waals surface area (Å²) in [5.41, 5.74) is 0.409. The van der Waals surface area contributed by atoms with E-state index in [-0.39, 0.29) is 24.4 Å². The van der Waals surface area contributed by atoms with Gasteiger partial charge in [0, 0.05) is 25.6 Å². The van der Waals surface area contributed by atoms with Gasteiger partial charge in [-0.05, 0) is 24.7 Å². The molecule has 1 atom stereocenters. The van der Waals surface area contributed by atoms with Crippen molar-refractivity contribution >= 4 is 18.3 Å². The Hall–Kier alpha value is -0.320. The zero-order chi connectivity index (χ0) is 12.1. The zero-order valence-corrected chi connectivity index (χ0v) is 12.0. The molecule has 2 fully saturated rings. The minimum absolute atomic E-state index is 0. The number of hydrogen-bond acceptors (Lipinski definition) is 3. The predicted octanol–water partition coefficient (Wildman–Crippen LogP) is 1.48. The number of nitrogens with one attached hydrogen (secondary N) is 2. The van der Waals surface area contributed by atoms with E-state index in [9.17, 15) is 4.79 Å². The van der Waals surface area contributed by atoms with Crippen LogP contribution < -0.4 is 10.6 Å². The van der Waals surface area contributed by atoms with E-state index < -0.39 is 0 Å². The van der Waals surface area contributed by atoms with Gasteiger partial charge in [-0.25, -0.2) is 0 Å². The van der Waals surface area contributed by atoms with Gasteiger partial charge in [-0.2, -0.15) is 0 Å². The molecule has 1 amide bonds. The lowest BCUT2D eigenvalue weighted by molar-refractivity contribution is -0.123. The molecule has 106 valence electrons. The van der Waals surface area contributed by atoms with Gasteiger partial charge in [0.25, 0.3) is 0 Å². The van der Waals surface area contributed by atoms with Crippen LogP contribution in [0, 0.1) is 5.41 Å². The summed E-state index contributed by atoms with van der Waals surface area (Å²) in [4.78, 5) is 11.8. The van der Waals surface area contributed by atoms with Gasteiger partial charge in [-0.1, -0.05) is 13.3 Å². The third-order valence-corrected chi connectivity index (χ3v) is 4.26. The summed E-state index contributed by atoms with van der Waals surface area (Å²) in [6.45, 7) is 5.36. The Morgan fingerprint density at radius 2 is 2.28 bits per heavy atom. The number of morpholine rings is 1. The van der Waals surface area contributed by atoms with Crippen LogP contribution in [0.15, 0.2) is 0 Å². The highest BCUT2D eigenvalue weighted by molar-refractivity contribution is 5.85. The molecule has 2 N–H and O–H groups in total. The lowest BCUT2D eigenvalue weighted by Gasteiger charge is -2.41. The molecule has 5 heteroatoms. The Morgan fingerprint density at radius 3 is 2.78 bits per heavy atom. The molecular formula is C13H25ClN2O2. The maximum Gasteiger partial charge on any atom is 0.221 e. The fraction of sp³-hybridized carbons (Fsp3) is 0.923. The van der Waals surface area contributed by atoms with Crippen molar-refractivity contribution in [3.05, 3.63) is 0 Å². The highest BCUT2D eigenvalue weighted by atomic mass is 35.5. The van der Waals surface area contributed by atoms with E-state index in [0.717, 1.165) is 19.7 Å². The molecule has 1 aliphatic heterocycles. The predicted molar refractivity (Wildman–Crippen MR) is 74.1 cm³/mol. The number of hydrogen-bond donors (Lipinski definition) is 2. The monoisotopic (exact) mass is 276 g/mol. The second kappa shape index (κ2) is 7.31. The van der Waals surface area contributed by atoms with Crippen molar-refractivity contribution in [3.63, 3.8) is 0 Å². The van der Waals surface area contributed by atoms with Crippen LogP contribution in [0.3, 0.4) is 0 Å². The fourth-order valence-corrected chi connectivity index (χ4v) is 2.66. The summed E-state index contributed by atoms with van der Waals surface area (Å²) in [5.74, 6) is 0.160. The van der Waals surface area contributed by atoms with Crippen molar-refractivity contribution in [3.8, 4) is 0 Å². The van der Waals surface area contributed by atoms with Gasteiger partial charge in [0.05, 0.1) is 13.2 Å². The minimum atomic E-state index is 0. The summed E-state index contributed by atoms with van der Waals surface area (Å²) >= 11 is 0. The third kappa shape index (κ3) is 4.11. The average molecular weight is 277 g/mol. The first kappa shape index (κ1) is 15.7. The van der Waals surface area contributed by atoms with Crippen molar-refractivity contribution in [1.82, 2.24) is 10.6 Å². The van der Waals surface area contributed by atoms with E-state index in [1.807, 2.05) is 0 Å². The molecule has 0 bridgehead atoms. The van der Waals surface area contributed by atoms with Crippen molar-refractivity contribution in [1.29, 1.82) is 0 Å². The third-order valence-electron chi connectivity index (χ3n) is 4.26. The van der Waals surface area contributed by atoms with Gasteiger partial charge >= 0.3 is 0 Å². The standard InChI is InChI=1S/C13H24N2O2.ClH/c1-2-13(4-3-5-13)10-15-12(16)8-11-9-17-7-6-14-11;/h11,14H,2-10H2,1H3,(H,15,16);1H. The number of carbonyl (C=O) groups is 1. The highest BCUT2D eigenvalue weighted by Gasteiger charge is 2.35. The maximum absolute atomic E-state index is 11.8. The second-order valence-corrected chi connectivity index (χ2v) is 5.41. The quantitative estimate of drug-likeness (QED) is 0.800. The van der Waals surface area contributed by atoms with Crippen molar-refractivity contribution in [2.45, 2.75) is 45.1 Å². The molecule has 1 heterocycles. The van der Waals surface area contributed by atoms with E-state index >= 15 is 0 Å². The van der Waals surface area contributed by atoms with Crippen LogP contribution in [0.2, 0.25) is 0 Å². The number of rotatable bonds is 5. The Morgan fingerprint density at radius 1 is 1.50 bits per heavy atom. The molecule has 2 rings (SSSR count). The SMILES string of the molecule is CCC1(CNC(=O)CC2COCCN2)CCC1.Cl. The lowest BCUT2D eigenvalue weighted by Crippen LogP contribution is -2.46. The summed E-state index contributed by atoms with van der Waals surface area (Å²) in [7, 11) is 0. The summed E-state index contributed by atoms with van der Waals surface area (Å²) in [5, 5.41) is 6.39. The minimum Gasteiger partial charge on any atom is -0.378 e. The van der Waals surface area contributed by atoms with Crippen LogP contribution in [0.5, 0.6) is 0 Å². The molecule has 1 saturated carbocycles. The summed E-state index contributed by atoms with van der Waals surface area (Å²) < 4.78 is 5.34. The van der Waals surface area contributed by atoms with Crippen LogP contribution in [0.25, 0.3) is 0 Å². The van der Waals surface area contributed by atoms with E-state index in [4.69, 9.17) is 4.74 Å². The van der Waals surface area contributed by atoms with Crippen LogP contribution in [-0.2, 0) is 9.53 Å². The summed E-state index contributed by atoms with van der Waals surface area (Å²) in [6.07, 6.45) is 5.59. The summed E-state index contributed by atoms with van der Waals surface area (Å²) in [6, 6.07) is 0.197. The fourth-order valence-electron chi connectivity index (χ4n) is 2.66. The van der Waals surface area contributed by atoms with Crippen molar-refractivity contribution in [2.24, 2.45) is 5.41 Å². The molecular weight excluding hydrogens is 252 g/mol. The molecule has 0 aromatic heterocycles. The first-order valence-corrected chi connectivity index (χ1v) is 6.82. The number of amides is 1. The topological polar surface area (TPSA) is 50.4 Å². The molecule has 2 aliphatic rings. The molecule has 1 saturated heterocycles. The molecule has 0 aromatic rings. The number of carbonyl (C=O) groups excluding carboxylic acids is 1. The van der Waals surface area contributed by atoms with Crippen LogP contribution in [-0.4, -0.2) is 38.3 Å². The van der Waals surface area contributed by atoms with E-state index in [2.05, 4.69) is 17.6 Å². The highest BCUT2D eigenvalue weighted by Crippen LogP contribution is 2.42. The van der Waals surface area contributed by atoms with Gasteiger partial charge in [-0.15, -0.1) is 12.4 Å². The van der Waals surface area contributed by atoms with Crippen molar-refractivity contribution in [2.75, 3.05) is 26.3 Å². The Labute approximate surface area is 116 Å². The smallest absolute Gasteiger partial charge is 0.221 e. The molecule has 4 nitrogen and oxygen atoms in total. The van der Waals surface area contributed by atoms with Crippen LogP contribution in [0.4, 0.5) is 0 Å². The number of ether oxygens (including phenoxy) is 1. The van der Waals surface area contributed by atoms with E-state index in [1.54, 1.807) is 0 Å². The maximum atomic E-state index is 11.8. The first-order valence-electron chi connectivity index (χ1n) is 6.82. The van der Waals surface area contributed by atoms with Gasteiger partial charge in [0.15, 0.2) is 0 Å². The normalized spacial score (nSPS) is 25.7. The van der Waals surface area contributed by atoms with Crippen LogP contribution >= 0.6 is 12.4 Å². The molecule has 1 unspecified atom stereocenters. The molecule has 1 aliphatic carbocycles. The van der Waals surface area contributed by atoms with Gasteiger partial charge in [0.2, 0.25) is 5.91 Å². The van der Waals surface area contributed by atoms with E-state index in [0.29, 0.717) is 18.4 Å². The molecule has 0 spiro atoms. The Bertz CT molecular complexity index is 258. The molecule has 0 radical (unpaired) electrons. The van der Waals surface area contributed by atoms with E-state index in [1.165, 1.54) is 25.7 Å². The van der Waals surface area contributed by atoms with Gasteiger partial charge in [-0.3, -0.25) is 4.79 Å². The van der Waals surface area contributed by atoms with Crippen molar-refractivity contribution < 1.29 is 9.53 Å².